The highest BCUT2D eigenvalue weighted by Crippen LogP contribution is 2.35. The number of alkyl halides is 3. The van der Waals surface area contributed by atoms with Crippen molar-refractivity contribution in [1.29, 1.82) is 0 Å². The van der Waals surface area contributed by atoms with Crippen LogP contribution in [0.15, 0.2) is 18.2 Å². The zero-order valence-electron chi connectivity index (χ0n) is 14.4. The minimum Gasteiger partial charge on any atom is -0.398 e. The Hall–Kier alpha value is -1.80. The number of morpholine rings is 1. The smallest absolute Gasteiger partial charge is 0.398 e. The highest BCUT2D eigenvalue weighted by atomic mass is 19.4. The van der Waals surface area contributed by atoms with E-state index in [4.69, 9.17) is 10.5 Å². The Morgan fingerprint density at radius 2 is 1.96 bits per heavy atom. The first-order chi connectivity index (χ1) is 11.6. The molecule has 2 unspecified atom stereocenters. The quantitative estimate of drug-likeness (QED) is 0.793. The predicted octanol–water partition coefficient (Wildman–Crippen LogP) is 3.12. The molecule has 0 aromatic heterocycles. The van der Waals surface area contributed by atoms with Crippen molar-refractivity contribution in [2.24, 2.45) is 0 Å². The number of anilines is 2. The lowest BCUT2D eigenvalue weighted by Gasteiger charge is -2.35. The van der Waals surface area contributed by atoms with Crippen molar-refractivity contribution in [3.63, 3.8) is 0 Å². The molecule has 0 spiro atoms. The summed E-state index contributed by atoms with van der Waals surface area (Å²) in [5, 5.41) is 2.50. The number of nitrogens with zero attached hydrogens (tertiary/aromatic N) is 1. The number of hydrogen-bond acceptors (Lipinski definition) is 4. The molecule has 1 heterocycles. The van der Waals surface area contributed by atoms with E-state index in [-0.39, 0.29) is 35.9 Å². The number of nitrogens with two attached hydrogens (primary N) is 1. The van der Waals surface area contributed by atoms with Gasteiger partial charge in [0.2, 0.25) is 5.91 Å². The molecule has 1 aromatic carbocycles. The molecule has 1 fully saturated rings. The average molecular weight is 359 g/mol. The molecular formula is C17H24F3N3O2. The van der Waals surface area contributed by atoms with E-state index in [0.29, 0.717) is 6.42 Å². The van der Waals surface area contributed by atoms with Crippen LogP contribution in [0.5, 0.6) is 0 Å². The van der Waals surface area contributed by atoms with Gasteiger partial charge in [0.15, 0.2) is 0 Å². The van der Waals surface area contributed by atoms with Gasteiger partial charge < -0.3 is 15.8 Å². The molecule has 3 N–H and O–H groups in total. The van der Waals surface area contributed by atoms with Gasteiger partial charge in [-0.25, -0.2) is 0 Å². The standard InChI is InChI=1S/C17H24F3N3O2/c1-11-9-23(10-12(2)25-11)7-3-4-16(24)22-13-5-6-15(21)14(8-13)17(18,19)20/h5-6,8,11-12H,3-4,7,9-10,21H2,1-2H3,(H,22,24). The summed E-state index contributed by atoms with van der Waals surface area (Å²) in [6, 6.07) is 3.38. The van der Waals surface area contributed by atoms with Gasteiger partial charge in [0.25, 0.3) is 0 Å². The Balaban J connectivity index is 1.82. The molecule has 2 rings (SSSR count). The molecular weight excluding hydrogens is 335 g/mol. The Morgan fingerprint density at radius 3 is 2.56 bits per heavy atom. The first kappa shape index (κ1) is 19.5. The van der Waals surface area contributed by atoms with E-state index in [9.17, 15) is 18.0 Å². The lowest BCUT2D eigenvalue weighted by atomic mass is 10.1. The van der Waals surface area contributed by atoms with E-state index in [1.807, 2.05) is 13.8 Å². The SMILES string of the molecule is CC1CN(CCCC(=O)Nc2ccc(N)c(C(F)(F)F)c2)CC(C)O1. The number of amides is 1. The van der Waals surface area contributed by atoms with E-state index in [1.54, 1.807) is 0 Å². The summed E-state index contributed by atoms with van der Waals surface area (Å²) >= 11 is 0. The number of halogens is 3. The number of rotatable bonds is 5. The van der Waals surface area contributed by atoms with Crippen LogP contribution in [0, 0.1) is 0 Å². The maximum Gasteiger partial charge on any atom is 0.418 e. The fourth-order valence-corrected chi connectivity index (χ4v) is 3.03. The second kappa shape index (κ2) is 8.05. The lowest BCUT2D eigenvalue weighted by molar-refractivity contribution is -0.137. The van der Waals surface area contributed by atoms with Gasteiger partial charge in [0.05, 0.1) is 17.8 Å². The molecule has 1 amide bonds. The van der Waals surface area contributed by atoms with Crippen molar-refractivity contribution in [2.75, 3.05) is 30.7 Å². The number of hydrogen-bond donors (Lipinski definition) is 2. The summed E-state index contributed by atoms with van der Waals surface area (Å²) in [5.74, 6) is -0.313. The van der Waals surface area contributed by atoms with Crippen molar-refractivity contribution in [1.82, 2.24) is 4.90 Å². The van der Waals surface area contributed by atoms with Crippen LogP contribution in [0.2, 0.25) is 0 Å². The van der Waals surface area contributed by atoms with E-state index in [1.165, 1.54) is 6.07 Å². The van der Waals surface area contributed by atoms with Gasteiger partial charge in [0, 0.05) is 30.9 Å². The van der Waals surface area contributed by atoms with Gasteiger partial charge >= 0.3 is 6.18 Å². The largest absolute Gasteiger partial charge is 0.418 e. The third kappa shape index (κ3) is 5.89. The van der Waals surface area contributed by atoms with Crippen LogP contribution < -0.4 is 11.1 Å². The number of carbonyl (C=O) groups is 1. The second-order valence-electron chi connectivity index (χ2n) is 6.47. The number of nitrogen functional groups attached to an aromatic ring is 1. The van der Waals surface area contributed by atoms with Crippen molar-refractivity contribution >= 4 is 17.3 Å². The molecule has 25 heavy (non-hydrogen) atoms. The average Bonchev–Trinajstić information content (AvgIpc) is 2.47. The van der Waals surface area contributed by atoms with Crippen molar-refractivity contribution in [3.05, 3.63) is 23.8 Å². The second-order valence-corrected chi connectivity index (χ2v) is 6.47. The Kier molecular flexibility index (Phi) is 6.29. The summed E-state index contributed by atoms with van der Waals surface area (Å²) in [6.07, 6.45) is -3.35. The molecule has 1 saturated heterocycles. The van der Waals surface area contributed by atoms with Crippen LogP contribution in [-0.2, 0) is 15.7 Å². The topological polar surface area (TPSA) is 67.6 Å². The summed E-state index contributed by atoms with van der Waals surface area (Å²) in [6.45, 7) is 6.40. The van der Waals surface area contributed by atoms with Crippen LogP contribution in [0.25, 0.3) is 0 Å². The molecule has 0 aliphatic carbocycles. The fraction of sp³-hybridized carbons (Fsp3) is 0.588. The Bertz CT molecular complexity index is 597. The highest BCUT2D eigenvalue weighted by molar-refractivity contribution is 5.91. The highest BCUT2D eigenvalue weighted by Gasteiger charge is 2.33. The van der Waals surface area contributed by atoms with Gasteiger partial charge in [-0.2, -0.15) is 13.2 Å². The number of carbonyl (C=O) groups excluding carboxylic acids is 1. The number of ether oxygens (including phenoxy) is 1. The van der Waals surface area contributed by atoms with Crippen molar-refractivity contribution in [2.45, 2.75) is 45.1 Å². The molecule has 0 radical (unpaired) electrons. The third-order valence-corrected chi connectivity index (χ3v) is 4.02. The van der Waals surface area contributed by atoms with Crippen LogP contribution in [0.4, 0.5) is 24.5 Å². The summed E-state index contributed by atoms with van der Waals surface area (Å²) in [4.78, 5) is 14.2. The van der Waals surface area contributed by atoms with Crippen LogP contribution in [0.1, 0.15) is 32.3 Å². The van der Waals surface area contributed by atoms with Crippen LogP contribution in [0.3, 0.4) is 0 Å². The number of nitrogens with one attached hydrogen (secondary N) is 1. The summed E-state index contributed by atoms with van der Waals surface area (Å²) in [7, 11) is 0. The zero-order chi connectivity index (χ0) is 18.6. The van der Waals surface area contributed by atoms with Gasteiger partial charge in [-0.3, -0.25) is 9.69 Å². The van der Waals surface area contributed by atoms with Crippen molar-refractivity contribution in [3.8, 4) is 0 Å². The van der Waals surface area contributed by atoms with Crippen LogP contribution in [-0.4, -0.2) is 42.6 Å². The summed E-state index contributed by atoms with van der Waals surface area (Å²) in [5.41, 5.74) is 4.14. The molecule has 140 valence electrons. The van der Waals surface area contributed by atoms with Gasteiger partial charge in [-0.1, -0.05) is 0 Å². The minimum absolute atomic E-state index is 0.0974. The molecule has 8 heteroatoms. The fourth-order valence-electron chi connectivity index (χ4n) is 3.03. The molecule has 1 aromatic rings. The van der Waals surface area contributed by atoms with E-state index in [2.05, 4.69) is 10.2 Å². The molecule has 1 aliphatic heterocycles. The normalized spacial score (nSPS) is 22.0. The number of benzene rings is 1. The maximum absolute atomic E-state index is 12.8. The molecule has 0 saturated carbocycles. The third-order valence-electron chi connectivity index (χ3n) is 4.02. The van der Waals surface area contributed by atoms with Crippen molar-refractivity contribution < 1.29 is 22.7 Å². The first-order valence-corrected chi connectivity index (χ1v) is 8.29. The Morgan fingerprint density at radius 1 is 1.32 bits per heavy atom. The molecule has 5 nitrogen and oxygen atoms in total. The van der Waals surface area contributed by atoms with Gasteiger partial charge in [0.1, 0.15) is 0 Å². The summed E-state index contributed by atoms with van der Waals surface area (Å²) < 4.78 is 44.1. The van der Waals surface area contributed by atoms with E-state index < -0.39 is 11.7 Å². The maximum atomic E-state index is 12.8. The van der Waals surface area contributed by atoms with Gasteiger partial charge in [-0.15, -0.1) is 0 Å². The zero-order valence-corrected chi connectivity index (χ0v) is 14.4. The lowest BCUT2D eigenvalue weighted by Crippen LogP contribution is -2.45. The Labute approximate surface area is 145 Å². The van der Waals surface area contributed by atoms with E-state index in [0.717, 1.165) is 31.8 Å². The minimum atomic E-state index is -4.55. The van der Waals surface area contributed by atoms with Crippen LogP contribution >= 0.6 is 0 Å². The first-order valence-electron chi connectivity index (χ1n) is 8.29. The van der Waals surface area contributed by atoms with Gasteiger partial charge in [-0.05, 0) is 45.0 Å². The monoisotopic (exact) mass is 359 g/mol. The van der Waals surface area contributed by atoms with E-state index >= 15 is 0 Å². The molecule has 0 bridgehead atoms. The molecule has 2 atom stereocenters. The molecule has 1 aliphatic rings. The predicted molar refractivity (Wildman–Crippen MR) is 90.2 cm³/mol.